The van der Waals surface area contributed by atoms with Gasteiger partial charge in [0.25, 0.3) is 0 Å². The lowest BCUT2D eigenvalue weighted by molar-refractivity contribution is -0.132. The summed E-state index contributed by atoms with van der Waals surface area (Å²) in [5.74, 6) is 0.227. The highest BCUT2D eigenvalue weighted by molar-refractivity contribution is 6.30. The maximum Gasteiger partial charge on any atom is 0.148 e. The zero-order valence-corrected chi connectivity index (χ0v) is 10.9. The van der Waals surface area contributed by atoms with Crippen LogP contribution in [-0.2, 0) is 9.63 Å². The van der Waals surface area contributed by atoms with Gasteiger partial charge in [-0.2, -0.15) is 0 Å². The summed E-state index contributed by atoms with van der Waals surface area (Å²) in [7, 11) is 0. The number of nitrogens with zero attached hydrogens (tertiary/aromatic N) is 1. The number of Topliss-reactive ketones (excluding diaryl/α,β-unsaturated/α-hetero) is 1. The predicted molar refractivity (Wildman–Crippen MR) is 69.8 cm³/mol. The Hall–Kier alpha value is -1.35. The number of halogens is 1. The minimum absolute atomic E-state index is 0.107. The lowest BCUT2D eigenvalue weighted by atomic mass is 9.68. The van der Waals surface area contributed by atoms with E-state index in [1.807, 2.05) is 31.2 Å². The first-order valence-corrected chi connectivity index (χ1v) is 6.53. The first kappa shape index (κ1) is 11.7. The zero-order valence-electron chi connectivity index (χ0n) is 10.1. The molecule has 3 nitrogen and oxygen atoms in total. The van der Waals surface area contributed by atoms with Crippen molar-refractivity contribution in [3.63, 3.8) is 0 Å². The van der Waals surface area contributed by atoms with E-state index in [0.717, 1.165) is 24.1 Å². The molecule has 2 atom stereocenters. The Labute approximate surface area is 111 Å². The van der Waals surface area contributed by atoms with Crippen molar-refractivity contribution in [2.45, 2.75) is 32.3 Å². The molecule has 1 saturated carbocycles. The van der Waals surface area contributed by atoms with E-state index in [1.165, 1.54) is 0 Å². The fourth-order valence-corrected chi connectivity index (χ4v) is 2.92. The molecule has 2 aliphatic rings. The van der Waals surface area contributed by atoms with E-state index in [2.05, 4.69) is 5.16 Å². The van der Waals surface area contributed by atoms with Crippen molar-refractivity contribution in [3.8, 4) is 0 Å². The molecule has 0 aromatic heterocycles. The van der Waals surface area contributed by atoms with Crippen LogP contribution in [0.3, 0.4) is 0 Å². The fraction of sp³-hybridized carbons (Fsp3) is 0.429. The van der Waals surface area contributed by atoms with Crippen LogP contribution in [0.2, 0.25) is 5.02 Å². The number of carbonyl (C=O) groups excluding carboxylic acids is 1. The van der Waals surface area contributed by atoms with Crippen LogP contribution < -0.4 is 0 Å². The fourth-order valence-electron chi connectivity index (χ4n) is 2.79. The number of benzene rings is 1. The third-order valence-electron chi connectivity index (χ3n) is 3.97. The summed E-state index contributed by atoms with van der Waals surface area (Å²) in [4.78, 5) is 17.7. The minimum Gasteiger partial charge on any atom is -0.391 e. The molecule has 0 radical (unpaired) electrons. The summed E-state index contributed by atoms with van der Waals surface area (Å²) in [5.41, 5.74) is 1.07. The van der Waals surface area contributed by atoms with Crippen LogP contribution in [0.1, 0.15) is 31.7 Å². The second kappa shape index (κ2) is 4.09. The second-order valence-corrected chi connectivity index (χ2v) is 5.50. The highest BCUT2D eigenvalue weighted by Gasteiger charge is 2.53. The van der Waals surface area contributed by atoms with E-state index in [4.69, 9.17) is 16.4 Å². The number of ketones is 1. The molecule has 18 heavy (non-hydrogen) atoms. The Kier molecular flexibility index (Phi) is 2.67. The normalized spacial score (nSPS) is 30.7. The van der Waals surface area contributed by atoms with Gasteiger partial charge >= 0.3 is 0 Å². The van der Waals surface area contributed by atoms with Gasteiger partial charge in [0.2, 0.25) is 0 Å². The molecule has 4 heteroatoms. The van der Waals surface area contributed by atoms with Crippen molar-refractivity contribution in [2.24, 2.45) is 10.6 Å². The summed E-state index contributed by atoms with van der Waals surface area (Å²) in [5, 5.41) is 4.83. The van der Waals surface area contributed by atoms with Crippen LogP contribution in [0.5, 0.6) is 0 Å². The molecule has 0 saturated heterocycles. The van der Waals surface area contributed by atoms with Crippen LogP contribution in [0.15, 0.2) is 29.4 Å². The number of oxime groups is 1. The van der Waals surface area contributed by atoms with Crippen LogP contribution in [0.25, 0.3) is 0 Å². The molecule has 0 amide bonds. The van der Waals surface area contributed by atoms with Crippen LogP contribution in [-0.4, -0.2) is 17.6 Å². The number of carbonyl (C=O) groups is 1. The number of fused-ring (bicyclic) bond motifs is 1. The number of rotatable bonds is 1. The summed E-state index contributed by atoms with van der Waals surface area (Å²) in [6.45, 7) is 1.94. The Morgan fingerprint density at radius 3 is 2.83 bits per heavy atom. The van der Waals surface area contributed by atoms with Crippen molar-refractivity contribution >= 4 is 23.1 Å². The molecule has 3 rings (SSSR count). The van der Waals surface area contributed by atoms with Gasteiger partial charge in [-0.1, -0.05) is 28.9 Å². The van der Waals surface area contributed by atoms with E-state index in [9.17, 15) is 4.79 Å². The summed E-state index contributed by atoms with van der Waals surface area (Å²) < 4.78 is 0. The van der Waals surface area contributed by atoms with E-state index >= 15 is 0 Å². The van der Waals surface area contributed by atoms with Crippen molar-refractivity contribution in [1.82, 2.24) is 0 Å². The smallest absolute Gasteiger partial charge is 0.148 e. The number of hydrogen-bond donors (Lipinski definition) is 0. The molecule has 1 aliphatic carbocycles. The van der Waals surface area contributed by atoms with Gasteiger partial charge in [-0.25, -0.2) is 0 Å². The average Bonchev–Trinajstić information content (AvgIpc) is 2.70. The van der Waals surface area contributed by atoms with E-state index in [1.54, 1.807) is 0 Å². The lowest BCUT2D eigenvalue weighted by Crippen LogP contribution is -2.46. The monoisotopic (exact) mass is 263 g/mol. The molecular weight excluding hydrogens is 250 g/mol. The van der Waals surface area contributed by atoms with Gasteiger partial charge in [-0.3, -0.25) is 4.79 Å². The minimum atomic E-state index is -0.591. The maximum atomic E-state index is 12.3. The molecule has 1 aromatic carbocycles. The van der Waals surface area contributed by atoms with Crippen LogP contribution >= 0.6 is 11.6 Å². The van der Waals surface area contributed by atoms with Gasteiger partial charge in [-0.05, 0) is 31.9 Å². The maximum absolute atomic E-state index is 12.3. The van der Waals surface area contributed by atoms with Crippen molar-refractivity contribution in [1.29, 1.82) is 0 Å². The second-order valence-electron chi connectivity index (χ2n) is 5.06. The molecule has 1 heterocycles. The Bertz CT molecular complexity index is 523. The predicted octanol–water partition coefficient (Wildman–Crippen LogP) is 3.20. The Balaban J connectivity index is 2.02. The molecule has 94 valence electrons. The lowest BCUT2D eigenvalue weighted by Gasteiger charge is -2.32. The molecule has 0 N–H and O–H groups in total. The van der Waals surface area contributed by atoms with Gasteiger partial charge in [0.15, 0.2) is 0 Å². The molecular formula is C14H14ClNO2. The molecule has 0 unspecified atom stereocenters. The van der Waals surface area contributed by atoms with Gasteiger partial charge < -0.3 is 4.84 Å². The summed E-state index contributed by atoms with van der Waals surface area (Å²) in [6.07, 6.45) is 2.29. The van der Waals surface area contributed by atoms with Crippen LogP contribution in [0.4, 0.5) is 0 Å². The molecule has 0 spiro atoms. The topological polar surface area (TPSA) is 38.7 Å². The zero-order chi connectivity index (χ0) is 12.8. The highest BCUT2D eigenvalue weighted by atomic mass is 35.5. The average molecular weight is 264 g/mol. The summed E-state index contributed by atoms with van der Waals surface area (Å²) >= 11 is 5.88. The quantitative estimate of drug-likeness (QED) is 0.780. The van der Waals surface area contributed by atoms with Crippen molar-refractivity contribution < 1.29 is 9.63 Å². The van der Waals surface area contributed by atoms with Gasteiger partial charge in [0.05, 0.1) is 0 Å². The standard InChI is InChI=1S/C14H14ClNO2/c1-14-11(17)3-2-4-12(14)18-16-13(14)9-5-7-10(15)8-6-9/h5-8,12H,2-4H2,1H3/t12-,14+/m0/s1. The largest absolute Gasteiger partial charge is 0.391 e. The first-order chi connectivity index (χ1) is 8.62. The van der Waals surface area contributed by atoms with E-state index < -0.39 is 5.41 Å². The molecule has 1 aromatic rings. The third-order valence-corrected chi connectivity index (χ3v) is 4.23. The van der Waals surface area contributed by atoms with Crippen molar-refractivity contribution in [3.05, 3.63) is 34.9 Å². The highest BCUT2D eigenvalue weighted by Crippen LogP contribution is 2.42. The van der Waals surface area contributed by atoms with Crippen molar-refractivity contribution in [2.75, 3.05) is 0 Å². The molecule has 0 bridgehead atoms. The van der Waals surface area contributed by atoms with Gasteiger partial charge in [0.1, 0.15) is 23.0 Å². The molecule has 1 aliphatic heterocycles. The van der Waals surface area contributed by atoms with Gasteiger partial charge in [-0.15, -0.1) is 0 Å². The van der Waals surface area contributed by atoms with Gasteiger partial charge in [0, 0.05) is 17.0 Å². The first-order valence-electron chi connectivity index (χ1n) is 6.16. The Morgan fingerprint density at radius 1 is 1.39 bits per heavy atom. The number of hydrogen-bond acceptors (Lipinski definition) is 3. The summed E-state index contributed by atoms with van der Waals surface area (Å²) in [6, 6.07) is 7.40. The van der Waals surface area contributed by atoms with E-state index in [0.29, 0.717) is 11.4 Å². The third kappa shape index (κ3) is 1.57. The van der Waals surface area contributed by atoms with E-state index in [-0.39, 0.29) is 11.9 Å². The van der Waals surface area contributed by atoms with Crippen LogP contribution in [0, 0.1) is 5.41 Å². The molecule has 1 fully saturated rings. The Morgan fingerprint density at radius 2 is 2.11 bits per heavy atom. The SMILES string of the molecule is C[C@@]12C(=O)CCC[C@@H]1ON=C2c1ccc(Cl)cc1.